The predicted octanol–water partition coefficient (Wildman–Crippen LogP) is 6.22. The summed E-state index contributed by atoms with van der Waals surface area (Å²) in [5.41, 5.74) is 5.73. The van der Waals surface area contributed by atoms with Gasteiger partial charge in [-0.15, -0.1) is 0 Å². The first-order chi connectivity index (χ1) is 10.7. The molecule has 2 unspecified atom stereocenters. The van der Waals surface area contributed by atoms with Crippen LogP contribution in [0.2, 0.25) is 8.26 Å². The van der Waals surface area contributed by atoms with Gasteiger partial charge in [0.1, 0.15) is 0 Å². The van der Waals surface area contributed by atoms with Crippen LogP contribution in [0.15, 0.2) is 60.7 Å². The first kappa shape index (κ1) is 13.5. The molecule has 0 amide bonds. The Morgan fingerprint density at radius 3 is 1.64 bits per heavy atom. The zero-order valence-electron chi connectivity index (χ0n) is 12.4. The van der Waals surface area contributed by atoms with Gasteiger partial charge in [0.05, 0.1) is 0 Å². The molecule has 22 heavy (non-hydrogen) atoms. The van der Waals surface area contributed by atoms with Crippen molar-refractivity contribution in [2.45, 2.75) is 15.5 Å². The molecule has 1 heterocycles. The van der Waals surface area contributed by atoms with E-state index in [1.165, 1.54) is 30.5 Å². The molecule has 1 saturated heterocycles. The van der Waals surface area contributed by atoms with Crippen molar-refractivity contribution < 1.29 is 17.6 Å². The van der Waals surface area contributed by atoms with Crippen LogP contribution in [0.5, 0.6) is 0 Å². The van der Waals surface area contributed by atoms with Crippen molar-refractivity contribution in [1.29, 1.82) is 0 Å². The molecule has 3 aliphatic rings. The van der Waals surface area contributed by atoms with Crippen molar-refractivity contribution in [2.75, 3.05) is 0 Å². The van der Waals surface area contributed by atoms with Gasteiger partial charge in [-0.2, -0.15) is 0 Å². The van der Waals surface area contributed by atoms with Crippen molar-refractivity contribution in [3.8, 4) is 0 Å². The summed E-state index contributed by atoms with van der Waals surface area (Å²) in [6.07, 6.45) is 9.44. The second-order valence-corrected chi connectivity index (χ2v) is 26.9. The van der Waals surface area contributed by atoms with Crippen LogP contribution < -0.4 is 0 Å². The van der Waals surface area contributed by atoms with Crippen molar-refractivity contribution in [2.24, 2.45) is 0 Å². The fraction of sp³-hybridized carbons (Fsp3) is 0.200. The van der Waals surface area contributed by atoms with Crippen LogP contribution in [0, 0.1) is 0 Å². The molecule has 109 valence electrons. The minimum absolute atomic E-state index is 0.514. The maximum absolute atomic E-state index is 7.68. The number of allylic oxidation sites excluding steroid dienone is 2. The van der Waals surface area contributed by atoms with Crippen LogP contribution in [-0.4, -0.2) is 0 Å². The summed E-state index contributed by atoms with van der Waals surface area (Å²) in [4.78, 5) is 0. The number of fused-ring (bicyclic) bond motifs is 2. The third kappa shape index (κ3) is 1.62. The molecule has 2 heteroatoms. The minimum atomic E-state index is -3.32. The average Bonchev–Trinajstić information content (AvgIpc) is 2.95. The molecule has 0 spiro atoms. The third-order valence-electron chi connectivity index (χ3n) is 6.09. The van der Waals surface area contributed by atoms with Gasteiger partial charge in [-0.25, -0.2) is 0 Å². The molecule has 2 aliphatic carbocycles. The van der Waals surface area contributed by atoms with Gasteiger partial charge in [-0.3, -0.25) is 0 Å². The van der Waals surface area contributed by atoms with E-state index in [1.807, 2.05) is 0 Å². The normalized spacial score (nSPS) is 30.3. The second-order valence-electron chi connectivity index (χ2n) is 7.15. The van der Waals surface area contributed by atoms with E-state index in [1.54, 1.807) is 0 Å². The van der Waals surface area contributed by atoms with E-state index in [0.717, 1.165) is 0 Å². The van der Waals surface area contributed by atoms with Crippen LogP contribution in [0.4, 0.5) is 0 Å². The molecule has 0 N–H and O–H groups in total. The van der Waals surface area contributed by atoms with Crippen LogP contribution in [0.1, 0.15) is 29.5 Å². The molecule has 2 aromatic carbocycles. The summed E-state index contributed by atoms with van der Waals surface area (Å²) in [6, 6.07) is 17.6. The Kier molecular flexibility index (Phi) is 2.67. The van der Waals surface area contributed by atoms with Crippen molar-refractivity contribution in [3.05, 3.63) is 82.9 Å². The Hall–Kier alpha value is -0.907. The van der Waals surface area contributed by atoms with Gasteiger partial charge in [0.2, 0.25) is 0 Å². The summed E-state index contributed by atoms with van der Waals surface area (Å²) in [5, 5.41) is 0. The average molecular weight is 385 g/mol. The van der Waals surface area contributed by atoms with Gasteiger partial charge in [-0.05, 0) is 0 Å². The standard InChI is InChI=1S/2C9H7.C2H4.ClH.Zr/c2*1-2-5-9-7-3-6-8(9)4-1;1-2;;/h2*1-7H;1-2H2;1H;/q;;;;+1/p-1. The van der Waals surface area contributed by atoms with Crippen LogP contribution in [-0.2, 0) is 17.6 Å². The Morgan fingerprint density at radius 1 is 0.727 bits per heavy atom. The Morgan fingerprint density at radius 2 is 1.18 bits per heavy atom. The second kappa shape index (κ2) is 4.34. The van der Waals surface area contributed by atoms with Gasteiger partial charge < -0.3 is 0 Å². The maximum atomic E-state index is 7.68. The zero-order chi connectivity index (χ0) is 14.8. The van der Waals surface area contributed by atoms with Gasteiger partial charge in [0.15, 0.2) is 0 Å². The monoisotopic (exact) mass is 383 g/mol. The van der Waals surface area contributed by atoms with E-state index in [4.69, 9.17) is 8.51 Å². The first-order valence-corrected chi connectivity index (χ1v) is 17.6. The molecular formula is C20H18ClZr. The molecule has 2 aromatic rings. The third-order valence-corrected chi connectivity index (χ3v) is 25.8. The number of halogens is 1. The fourth-order valence-electron chi connectivity index (χ4n) is 4.70. The number of benzene rings is 2. The van der Waals surface area contributed by atoms with Crippen molar-refractivity contribution >= 4 is 20.7 Å². The molecule has 0 bridgehead atoms. The van der Waals surface area contributed by atoms with Crippen molar-refractivity contribution in [3.63, 3.8) is 0 Å². The van der Waals surface area contributed by atoms with E-state index in [2.05, 4.69) is 72.8 Å². The molecule has 0 aromatic heterocycles. The molecule has 2 atom stereocenters. The molecule has 0 saturated carbocycles. The summed E-state index contributed by atoms with van der Waals surface area (Å²) >= 11 is -3.32. The van der Waals surface area contributed by atoms with Crippen LogP contribution in [0.25, 0.3) is 12.2 Å². The van der Waals surface area contributed by atoms with Crippen LogP contribution in [0.3, 0.4) is 0 Å². The molecular weight excluding hydrogens is 367 g/mol. The van der Waals surface area contributed by atoms with E-state index in [0.29, 0.717) is 7.25 Å². The SMILES string of the molecule is [Cl][Zr]1([CH]2C=Cc3ccccc32)([CH]2C=Cc3ccccc32)[CH2][CH2]1. The van der Waals surface area contributed by atoms with E-state index >= 15 is 0 Å². The zero-order valence-corrected chi connectivity index (χ0v) is 15.6. The van der Waals surface area contributed by atoms with Gasteiger partial charge >= 0.3 is 137 Å². The molecule has 1 aliphatic heterocycles. The van der Waals surface area contributed by atoms with E-state index in [9.17, 15) is 0 Å². The molecule has 1 fully saturated rings. The quantitative estimate of drug-likeness (QED) is 0.576. The van der Waals surface area contributed by atoms with Gasteiger partial charge in [0.25, 0.3) is 0 Å². The summed E-state index contributed by atoms with van der Waals surface area (Å²) in [5.74, 6) is 0. The topological polar surface area (TPSA) is 0 Å². The number of hydrogen-bond donors (Lipinski definition) is 0. The number of rotatable bonds is 2. The Balaban J connectivity index is 1.66. The first-order valence-electron chi connectivity index (χ1n) is 8.12. The molecule has 5 rings (SSSR count). The van der Waals surface area contributed by atoms with Crippen molar-refractivity contribution in [1.82, 2.24) is 0 Å². The summed E-state index contributed by atoms with van der Waals surface area (Å²) in [7, 11) is 7.68. The number of hydrogen-bond acceptors (Lipinski definition) is 0. The Bertz CT molecular complexity index is 779. The van der Waals surface area contributed by atoms with E-state index in [-0.39, 0.29) is 0 Å². The van der Waals surface area contributed by atoms with Gasteiger partial charge in [0, 0.05) is 0 Å². The molecule has 0 radical (unpaired) electrons. The predicted molar refractivity (Wildman–Crippen MR) is 91.9 cm³/mol. The fourth-order valence-corrected chi connectivity index (χ4v) is 28.4. The Labute approximate surface area is 136 Å². The summed E-state index contributed by atoms with van der Waals surface area (Å²) < 4.78 is 3.60. The van der Waals surface area contributed by atoms with Gasteiger partial charge in [-0.1, -0.05) is 0 Å². The molecule has 0 nitrogen and oxygen atoms in total. The van der Waals surface area contributed by atoms with Crippen LogP contribution >= 0.6 is 8.51 Å². The van der Waals surface area contributed by atoms with E-state index < -0.39 is 17.6 Å². The summed E-state index contributed by atoms with van der Waals surface area (Å²) in [6.45, 7) is 0.